The average Bonchev–Trinajstić information content (AvgIpc) is 2.84. The second-order valence-corrected chi connectivity index (χ2v) is 5.75. The molecule has 0 amide bonds. The van der Waals surface area contributed by atoms with Crippen LogP contribution in [0.4, 0.5) is 0 Å². The predicted molar refractivity (Wildman–Crippen MR) is 68.5 cm³/mol. The third kappa shape index (κ3) is 4.56. The van der Waals surface area contributed by atoms with Crippen LogP contribution in [0.15, 0.2) is 0 Å². The first-order chi connectivity index (χ1) is 8.86. The van der Waals surface area contributed by atoms with E-state index in [0.29, 0.717) is 5.75 Å². The number of aliphatic hydroxyl groups is 4. The van der Waals surface area contributed by atoms with Crippen LogP contribution >= 0.6 is 11.8 Å². The van der Waals surface area contributed by atoms with Crippen LogP contribution in [-0.4, -0.2) is 79.6 Å². The Kier molecular flexibility index (Phi) is 6.47. The third-order valence-electron chi connectivity index (χ3n) is 3.01. The first-order valence-corrected chi connectivity index (χ1v) is 6.92. The summed E-state index contributed by atoms with van der Waals surface area (Å²) in [6, 6.07) is -1.49. The Morgan fingerprint density at radius 3 is 2.47 bits per heavy atom. The first kappa shape index (κ1) is 16.6. The van der Waals surface area contributed by atoms with Crippen LogP contribution in [0, 0.1) is 0 Å². The van der Waals surface area contributed by atoms with Crippen LogP contribution < -0.4 is 11.1 Å². The molecular weight excluding hydrogens is 276 g/mol. The van der Waals surface area contributed by atoms with Crippen LogP contribution in [0.2, 0.25) is 0 Å². The Bertz CT molecular complexity index is 308. The number of nitrogens with one attached hydrogen (secondary N) is 1. The van der Waals surface area contributed by atoms with Gasteiger partial charge in [-0.2, -0.15) is 0 Å². The van der Waals surface area contributed by atoms with Crippen LogP contribution in [0.25, 0.3) is 0 Å². The lowest BCUT2D eigenvalue weighted by molar-refractivity contribution is -0.138. The summed E-state index contributed by atoms with van der Waals surface area (Å²) < 4.78 is 0. The van der Waals surface area contributed by atoms with Gasteiger partial charge in [0.2, 0.25) is 0 Å². The monoisotopic (exact) mass is 296 g/mol. The lowest BCUT2D eigenvalue weighted by atomic mass is 9.99. The van der Waals surface area contributed by atoms with E-state index < -0.39 is 43.0 Å². The maximum Gasteiger partial charge on any atom is 0.321 e. The van der Waals surface area contributed by atoms with Gasteiger partial charge >= 0.3 is 5.97 Å². The summed E-state index contributed by atoms with van der Waals surface area (Å²) in [7, 11) is 0. The Balaban J connectivity index is 2.42. The molecule has 1 aliphatic rings. The molecular formula is C10H20N2O6S. The summed E-state index contributed by atoms with van der Waals surface area (Å²) in [5.41, 5.74) is 5.71. The molecule has 8 N–H and O–H groups in total. The minimum Gasteiger partial charge on any atom is -0.480 e. The molecule has 0 aromatic heterocycles. The number of hydrogen-bond donors (Lipinski definition) is 7. The van der Waals surface area contributed by atoms with Crippen molar-refractivity contribution in [3.63, 3.8) is 0 Å². The predicted octanol–water partition coefficient (Wildman–Crippen LogP) is -3.11. The van der Waals surface area contributed by atoms with Gasteiger partial charge < -0.3 is 31.3 Å². The van der Waals surface area contributed by atoms with Crippen LogP contribution in [0.1, 0.15) is 6.42 Å². The molecule has 0 aliphatic carbocycles. The van der Waals surface area contributed by atoms with Gasteiger partial charge in [-0.1, -0.05) is 0 Å². The molecule has 0 aromatic carbocycles. The summed E-state index contributed by atoms with van der Waals surface area (Å²) in [5, 5.41) is 48.5. The molecule has 1 aliphatic heterocycles. The zero-order valence-electron chi connectivity index (χ0n) is 10.2. The third-order valence-corrected chi connectivity index (χ3v) is 4.26. The number of thioether (sulfide) groups is 1. The highest BCUT2D eigenvalue weighted by Gasteiger charge is 2.34. The molecule has 0 aromatic rings. The number of aliphatic hydroxyl groups excluding tert-OH is 4. The van der Waals surface area contributed by atoms with Gasteiger partial charge in [-0.25, -0.2) is 0 Å². The van der Waals surface area contributed by atoms with E-state index in [9.17, 15) is 20.1 Å². The molecule has 19 heavy (non-hydrogen) atoms. The molecule has 0 saturated carbocycles. The van der Waals surface area contributed by atoms with E-state index >= 15 is 0 Å². The van der Waals surface area contributed by atoms with Gasteiger partial charge in [-0.05, 0) is 6.42 Å². The zero-order valence-corrected chi connectivity index (χ0v) is 11.0. The lowest BCUT2D eigenvalue weighted by Crippen LogP contribution is -2.51. The van der Waals surface area contributed by atoms with E-state index in [1.165, 1.54) is 11.8 Å². The number of rotatable bonds is 7. The minimum absolute atomic E-state index is 0.232. The summed E-state index contributed by atoms with van der Waals surface area (Å²) in [6.07, 6.45) is -4.16. The van der Waals surface area contributed by atoms with Crippen molar-refractivity contribution in [2.24, 2.45) is 5.73 Å². The Hall–Kier alpha value is -0.420. The van der Waals surface area contributed by atoms with Gasteiger partial charge in [0, 0.05) is 11.8 Å². The smallest absolute Gasteiger partial charge is 0.321 e. The highest BCUT2D eigenvalue weighted by Crippen LogP contribution is 2.23. The fourth-order valence-corrected chi connectivity index (χ4v) is 3.07. The van der Waals surface area contributed by atoms with Crippen molar-refractivity contribution in [3.05, 3.63) is 0 Å². The van der Waals surface area contributed by atoms with Gasteiger partial charge in [0.25, 0.3) is 0 Å². The van der Waals surface area contributed by atoms with Gasteiger partial charge in [0.15, 0.2) is 0 Å². The molecule has 1 fully saturated rings. The summed E-state index contributed by atoms with van der Waals surface area (Å²) >= 11 is 1.37. The van der Waals surface area contributed by atoms with Crippen LogP contribution in [0.3, 0.4) is 0 Å². The Morgan fingerprint density at radius 1 is 1.37 bits per heavy atom. The topological polar surface area (TPSA) is 156 Å². The summed E-state index contributed by atoms with van der Waals surface area (Å²) in [5.74, 6) is -0.537. The molecule has 0 radical (unpaired) electrons. The number of carboxylic acid groups (broad SMARTS) is 1. The van der Waals surface area contributed by atoms with Crippen molar-refractivity contribution in [2.45, 2.75) is 42.2 Å². The standard InChI is InChI=1S/C10H20N2O6S/c11-4(8(15)9(16)6(14)2-13)1-7-12-5(3-19-7)10(17)18/h4-9,12-16H,1-3,11H2,(H,17,18)/t4-,5-,6+,7?,8+,9+/m0/s1. The van der Waals surface area contributed by atoms with Gasteiger partial charge in [0.1, 0.15) is 18.2 Å². The number of carbonyl (C=O) groups is 1. The van der Waals surface area contributed by atoms with E-state index in [-0.39, 0.29) is 11.8 Å². The Morgan fingerprint density at radius 2 is 2.00 bits per heavy atom. The molecule has 1 rings (SSSR count). The van der Waals surface area contributed by atoms with Crippen LogP contribution in [0.5, 0.6) is 0 Å². The molecule has 0 bridgehead atoms. The SMILES string of the molecule is N[C@@H](CC1N[C@H](C(=O)O)CS1)[C@@H](O)[C@H](O)[C@H](O)CO. The molecule has 1 unspecified atom stereocenters. The Labute approximate surface area is 114 Å². The molecule has 1 heterocycles. The fourth-order valence-electron chi connectivity index (χ4n) is 1.79. The number of nitrogens with two attached hydrogens (primary N) is 1. The molecule has 6 atom stereocenters. The maximum absolute atomic E-state index is 10.7. The largest absolute Gasteiger partial charge is 0.480 e. The number of hydrogen-bond acceptors (Lipinski definition) is 8. The molecule has 0 spiro atoms. The minimum atomic E-state index is -1.54. The highest BCUT2D eigenvalue weighted by atomic mass is 32.2. The molecule has 1 saturated heterocycles. The normalized spacial score (nSPS) is 29.7. The zero-order chi connectivity index (χ0) is 14.6. The van der Waals surface area contributed by atoms with E-state index in [1.54, 1.807) is 0 Å². The van der Waals surface area contributed by atoms with Gasteiger partial charge in [-0.3, -0.25) is 10.1 Å². The fraction of sp³-hybridized carbons (Fsp3) is 0.900. The van der Waals surface area contributed by atoms with Crippen molar-refractivity contribution in [2.75, 3.05) is 12.4 Å². The maximum atomic E-state index is 10.7. The van der Waals surface area contributed by atoms with E-state index in [4.69, 9.17) is 15.9 Å². The van der Waals surface area contributed by atoms with Gasteiger partial charge in [-0.15, -0.1) is 11.8 Å². The second-order valence-electron chi connectivity index (χ2n) is 4.51. The van der Waals surface area contributed by atoms with Crippen molar-refractivity contribution < 1.29 is 30.3 Å². The lowest BCUT2D eigenvalue weighted by Gasteiger charge is -2.27. The van der Waals surface area contributed by atoms with Crippen molar-refractivity contribution in [1.82, 2.24) is 5.32 Å². The summed E-state index contributed by atoms with van der Waals surface area (Å²) in [4.78, 5) is 10.7. The molecule has 8 nitrogen and oxygen atoms in total. The first-order valence-electron chi connectivity index (χ1n) is 5.88. The van der Waals surface area contributed by atoms with Crippen molar-refractivity contribution in [3.8, 4) is 0 Å². The second kappa shape index (κ2) is 7.39. The highest BCUT2D eigenvalue weighted by molar-refractivity contribution is 8.00. The van der Waals surface area contributed by atoms with E-state index in [2.05, 4.69) is 5.32 Å². The van der Waals surface area contributed by atoms with E-state index in [1.807, 2.05) is 0 Å². The van der Waals surface area contributed by atoms with Crippen molar-refractivity contribution >= 4 is 17.7 Å². The number of aliphatic carboxylic acids is 1. The quantitative estimate of drug-likeness (QED) is 0.258. The molecule has 112 valence electrons. The summed E-state index contributed by atoms with van der Waals surface area (Å²) in [6.45, 7) is -0.678. The van der Waals surface area contributed by atoms with Gasteiger partial charge in [0.05, 0.1) is 18.1 Å². The number of carboxylic acids is 1. The molecule has 9 heteroatoms. The van der Waals surface area contributed by atoms with Crippen LogP contribution in [-0.2, 0) is 4.79 Å². The average molecular weight is 296 g/mol. The van der Waals surface area contributed by atoms with Crippen molar-refractivity contribution in [1.29, 1.82) is 0 Å². The van der Waals surface area contributed by atoms with E-state index in [0.717, 1.165) is 0 Å².